The fourth-order valence-corrected chi connectivity index (χ4v) is 4.89. The van der Waals surface area contributed by atoms with E-state index in [-0.39, 0.29) is 24.2 Å². The van der Waals surface area contributed by atoms with Crippen molar-refractivity contribution >= 4 is 11.1 Å². The standard InChI is InChI=1S/C29H29F2NO3/c1-18-3-6-22(31)13-25(18)28-19(2)26-14-23(33)7-10-27(26)35-29(28)21-4-8-24(9-5-21)34-12-11-32-16-20(15-30)17-32/h3-10,13-14,20,29,33H,11-12,15-17H2,1-2H3. The second-order valence-electron chi connectivity index (χ2n) is 9.37. The van der Waals surface area contributed by atoms with Crippen LogP contribution in [0.1, 0.15) is 35.3 Å². The summed E-state index contributed by atoms with van der Waals surface area (Å²) in [5.74, 6) is 1.44. The molecule has 6 heteroatoms. The molecule has 0 saturated carbocycles. The summed E-state index contributed by atoms with van der Waals surface area (Å²) >= 11 is 0. The van der Waals surface area contributed by atoms with Crippen LogP contribution in [0, 0.1) is 18.7 Å². The minimum atomic E-state index is -0.444. The molecule has 2 aliphatic heterocycles. The number of halogens is 2. The Labute approximate surface area is 204 Å². The summed E-state index contributed by atoms with van der Waals surface area (Å²) < 4.78 is 39.2. The van der Waals surface area contributed by atoms with Gasteiger partial charge in [0.25, 0.3) is 0 Å². The molecule has 0 aromatic heterocycles. The maximum atomic E-state index is 14.3. The van der Waals surface area contributed by atoms with Crippen molar-refractivity contribution in [2.45, 2.75) is 20.0 Å². The largest absolute Gasteiger partial charge is 0.508 e. The van der Waals surface area contributed by atoms with Gasteiger partial charge in [-0.3, -0.25) is 9.29 Å². The van der Waals surface area contributed by atoms with Gasteiger partial charge in [0, 0.05) is 36.7 Å². The van der Waals surface area contributed by atoms with Crippen LogP contribution in [0.2, 0.25) is 0 Å². The number of phenols is 1. The molecule has 3 aromatic rings. The fourth-order valence-electron chi connectivity index (χ4n) is 4.89. The van der Waals surface area contributed by atoms with Gasteiger partial charge in [0.2, 0.25) is 0 Å². The highest BCUT2D eigenvalue weighted by Gasteiger charge is 2.31. The van der Waals surface area contributed by atoms with Crippen molar-refractivity contribution in [3.8, 4) is 17.2 Å². The lowest BCUT2D eigenvalue weighted by molar-refractivity contribution is 0.0668. The van der Waals surface area contributed by atoms with Gasteiger partial charge in [-0.05, 0) is 78.6 Å². The number of rotatable bonds is 7. The average Bonchev–Trinajstić information content (AvgIpc) is 2.83. The van der Waals surface area contributed by atoms with Gasteiger partial charge < -0.3 is 14.6 Å². The monoisotopic (exact) mass is 477 g/mol. The Bertz CT molecular complexity index is 1250. The van der Waals surface area contributed by atoms with E-state index in [2.05, 4.69) is 4.90 Å². The summed E-state index contributed by atoms with van der Waals surface area (Å²) in [4.78, 5) is 2.19. The van der Waals surface area contributed by atoms with Crippen LogP contribution in [0.5, 0.6) is 17.2 Å². The molecule has 1 N–H and O–H groups in total. The summed E-state index contributed by atoms with van der Waals surface area (Å²) in [5.41, 5.74) is 5.24. The van der Waals surface area contributed by atoms with Gasteiger partial charge in [-0.2, -0.15) is 0 Å². The number of hydrogen-bond acceptors (Lipinski definition) is 4. The van der Waals surface area contributed by atoms with Gasteiger partial charge >= 0.3 is 0 Å². The molecule has 1 saturated heterocycles. The predicted octanol–water partition coefficient (Wildman–Crippen LogP) is 6.18. The molecule has 3 aromatic carbocycles. The van der Waals surface area contributed by atoms with Crippen LogP contribution in [-0.2, 0) is 0 Å². The maximum Gasteiger partial charge on any atom is 0.150 e. The van der Waals surface area contributed by atoms with Crippen molar-refractivity contribution in [3.63, 3.8) is 0 Å². The van der Waals surface area contributed by atoms with Crippen LogP contribution in [-0.4, -0.2) is 42.9 Å². The summed E-state index contributed by atoms with van der Waals surface area (Å²) in [6.45, 7) is 6.60. The van der Waals surface area contributed by atoms with Crippen LogP contribution < -0.4 is 9.47 Å². The second-order valence-corrected chi connectivity index (χ2v) is 9.37. The van der Waals surface area contributed by atoms with E-state index in [9.17, 15) is 13.9 Å². The van der Waals surface area contributed by atoms with Crippen LogP contribution >= 0.6 is 0 Å². The minimum absolute atomic E-state index is 0.153. The van der Waals surface area contributed by atoms with E-state index in [0.717, 1.165) is 58.8 Å². The first-order valence-corrected chi connectivity index (χ1v) is 11.9. The van der Waals surface area contributed by atoms with Gasteiger partial charge in [-0.15, -0.1) is 0 Å². The summed E-state index contributed by atoms with van der Waals surface area (Å²) in [6.07, 6.45) is -0.444. The highest BCUT2D eigenvalue weighted by atomic mass is 19.1. The number of hydrogen-bond donors (Lipinski definition) is 1. The van der Waals surface area contributed by atoms with Gasteiger partial charge in [-0.1, -0.05) is 18.2 Å². The number of ether oxygens (including phenoxy) is 2. The Kier molecular flexibility index (Phi) is 6.48. The third-order valence-electron chi connectivity index (χ3n) is 6.88. The molecule has 35 heavy (non-hydrogen) atoms. The van der Waals surface area contributed by atoms with Crippen LogP contribution in [0.25, 0.3) is 11.1 Å². The first-order chi connectivity index (χ1) is 16.9. The quantitative estimate of drug-likeness (QED) is 0.441. The molecule has 1 fully saturated rings. The van der Waals surface area contributed by atoms with Crippen molar-refractivity contribution in [1.29, 1.82) is 0 Å². The number of allylic oxidation sites excluding steroid dienone is 1. The number of aromatic hydroxyl groups is 1. The SMILES string of the molecule is CC1=C(c2cc(F)ccc2C)C(c2ccc(OCCN3CC(CF)C3)cc2)Oc2ccc(O)cc21. The van der Waals surface area contributed by atoms with Crippen molar-refractivity contribution in [2.75, 3.05) is 32.9 Å². The normalized spacial score (nSPS) is 18.1. The van der Waals surface area contributed by atoms with Gasteiger partial charge in [-0.25, -0.2) is 4.39 Å². The highest BCUT2D eigenvalue weighted by Crippen LogP contribution is 2.48. The topological polar surface area (TPSA) is 41.9 Å². The molecule has 0 bridgehead atoms. The number of phenolic OH excluding ortho intramolecular Hbond substituents is 1. The van der Waals surface area contributed by atoms with Gasteiger partial charge in [0.1, 0.15) is 35.8 Å². The van der Waals surface area contributed by atoms with E-state index in [1.807, 2.05) is 38.1 Å². The zero-order valence-corrected chi connectivity index (χ0v) is 19.9. The van der Waals surface area contributed by atoms with Crippen LogP contribution in [0.3, 0.4) is 0 Å². The van der Waals surface area contributed by atoms with Crippen molar-refractivity contribution in [2.24, 2.45) is 5.92 Å². The number of aryl methyl sites for hydroxylation is 1. The Balaban J connectivity index is 1.41. The Hall–Kier alpha value is -3.38. The molecular weight excluding hydrogens is 448 g/mol. The number of benzene rings is 3. The lowest BCUT2D eigenvalue weighted by Gasteiger charge is -2.37. The lowest BCUT2D eigenvalue weighted by atomic mass is 9.84. The zero-order valence-electron chi connectivity index (χ0n) is 19.9. The Morgan fingerprint density at radius 2 is 1.77 bits per heavy atom. The molecule has 4 nitrogen and oxygen atoms in total. The number of fused-ring (bicyclic) bond motifs is 1. The third kappa shape index (κ3) is 4.76. The molecule has 0 radical (unpaired) electrons. The summed E-state index contributed by atoms with van der Waals surface area (Å²) in [6, 6.07) is 17.6. The highest BCUT2D eigenvalue weighted by molar-refractivity contribution is 5.96. The van der Waals surface area contributed by atoms with Gasteiger partial charge in [0.15, 0.2) is 0 Å². The van der Waals surface area contributed by atoms with Crippen LogP contribution in [0.4, 0.5) is 8.78 Å². The average molecular weight is 478 g/mol. The molecule has 1 unspecified atom stereocenters. The molecule has 0 aliphatic carbocycles. The van der Waals surface area contributed by atoms with Crippen molar-refractivity contribution in [1.82, 2.24) is 4.90 Å². The van der Waals surface area contributed by atoms with E-state index in [0.29, 0.717) is 12.4 Å². The van der Waals surface area contributed by atoms with Crippen molar-refractivity contribution in [3.05, 3.63) is 88.7 Å². The van der Waals surface area contributed by atoms with Crippen molar-refractivity contribution < 1.29 is 23.4 Å². The molecule has 5 rings (SSSR count). The Morgan fingerprint density at radius 1 is 1.00 bits per heavy atom. The van der Waals surface area contributed by atoms with E-state index in [4.69, 9.17) is 9.47 Å². The molecule has 1 atom stereocenters. The smallest absolute Gasteiger partial charge is 0.150 e. The van der Waals surface area contributed by atoms with E-state index in [1.165, 1.54) is 6.07 Å². The van der Waals surface area contributed by atoms with E-state index in [1.54, 1.807) is 30.3 Å². The number of likely N-dealkylation sites (tertiary alicyclic amines) is 1. The molecule has 2 aliphatic rings. The number of alkyl halides is 1. The molecular formula is C29H29F2NO3. The lowest BCUT2D eigenvalue weighted by Crippen LogP contribution is -2.49. The van der Waals surface area contributed by atoms with E-state index < -0.39 is 6.10 Å². The minimum Gasteiger partial charge on any atom is -0.508 e. The Morgan fingerprint density at radius 3 is 2.51 bits per heavy atom. The molecule has 0 spiro atoms. The van der Waals surface area contributed by atoms with Crippen LogP contribution in [0.15, 0.2) is 60.7 Å². The summed E-state index contributed by atoms with van der Waals surface area (Å²) in [7, 11) is 0. The van der Waals surface area contributed by atoms with E-state index >= 15 is 0 Å². The number of nitrogens with zero attached hydrogens (tertiary/aromatic N) is 1. The predicted molar refractivity (Wildman–Crippen MR) is 133 cm³/mol. The first kappa shape index (κ1) is 23.4. The molecule has 0 amide bonds. The zero-order chi connectivity index (χ0) is 24.5. The third-order valence-corrected chi connectivity index (χ3v) is 6.88. The second kappa shape index (κ2) is 9.70. The first-order valence-electron chi connectivity index (χ1n) is 11.9. The maximum absolute atomic E-state index is 14.3. The molecule has 2 heterocycles. The summed E-state index contributed by atoms with van der Waals surface area (Å²) in [5, 5.41) is 10.1. The molecule has 182 valence electrons. The van der Waals surface area contributed by atoms with Gasteiger partial charge in [0.05, 0.1) is 6.67 Å². The fraction of sp³-hybridized carbons (Fsp3) is 0.310.